The zero-order chi connectivity index (χ0) is 24.2. The fraction of sp³-hybridized carbons (Fsp3) is 0.115. The Bertz CT molecular complexity index is 1470. The number of amides is 1. The second kappa shape index (κ2) is 10.2. The zero-order valence-corrected chi connectivity index (χ0v) is 19.8. The molecule has 172 valence electrons. The van der Waals surface area contributed by atoms with Crippen molar-refractivity contribution < 1.29 is 9.18 Å². The summed E-state index contributed by atoms with van der Waals surface area (Å²) >= 11 is 12.2. The maximum Gasteiger partial charge on any atom is 0.251 e. The Morgan fingerprint density at radius 1 is 1.24 bits per heavy atom. The second-order valence-corrected chi connectivity index (χ2v) is 8.53. The molecular formula is C26H21Cl2FN4O. The number of aromatic nitrogens is 2. The normalized spacial score (nSPS) is 12.4. The number of pyridine rings is 1. The van der Waals surface area contributed by atoms with E-state index in [1.54, 1.807) is 37.5 Å². The van der Waals surface area contributed by atoms with E-state index in [1.807, 2.05) is 24.3 Å². The number of H-pyrrole nitrogens is 1. The number of nitrogens with one attached hydrogen (secondary N) is 2. The molecule has 8 heteroatoms. The molecule has 0 spiro atoms. The van der Waals surface area contributed by atoms with Crippen LogP contribution in [-0.2, 0) is 17.8 Å². The number of rotatable bonds is 7. The summed E-state index contributed by atoms with van der Waals surface area (Å²) in [7, 11) is 0. The first kappa shape index (κ1) is 23.7. The van der Waals surface area contributed by atoms with Crippen molar-refractivity contribution in [3.05, 3.63) is 99.3 Å². The number of hydrogen-bond acceptors (Lipinski definition) is 3. The highest BCUT2D eigenvalue weighted by atomic mass is 35.5. The van der Waals surface area contributed by atoms with E-state index in [2.05, 4.69) is 27.0 Å². The maximum absolute atomic E-state index is 14.4. The summed E-state index contributed by atoms with van der Waals surface area (Å²) in [6.07, 6.45) is 7.06. The lowest BCUT2D eigenvalue weighted by Crippen LogP contribution is -2.24. The van der Waals surface area contributed by atoms with Crippen molar-refractivity contribution in [3.63, 3.8) is 0 Å². The molecule has 2 N–H and O–H groups in total. The van der Waals surface area contributed by atoms with E-state index in [0.717, 1.165) is 16.5 Å². The first-order valence-corrected chi connectivity index (χ1v) is 11.2. The van der Waals surface area contributed by atoms with Gasteiger partial charge >= 0.3 is 0 Å². The predicted octanol–water partition coefficient (Wildman–Crippen LogP) is 6.55. The smallest absolute Gasteiger partial charge is 0.251 e. The summed E-state index contributed by atoms with van der Waals surface area (Å²) in [4.78, 5) is 24.2. The van der Waals surface area contributed by atoms with Crippen LogP contribution in [0.2, 0.25) is 10.0 Å². The molecule has 4 rings (SSSR count). The summed E-state index contributed by atoms with van der Waals surface area (Å²) in [5.41, 5.74) is 2.66. The fourth-order valence-corrected chi connectivity index (χ4v) is 4.01. The number of halogens is 3. The van der Waals surface area contributed by atoms with Crippen LogP contribution < -0.4 is 5.32 Å². The Labute approximate surface area is 206 Å². The standard InChI is InChI=1S/C26H21Cl2FN4O/c1-3-15(26(34)33-13-18-9-22-23(28)14-32-25(22)11-24(18)29)7-20(30-2)10-21-8-17-6-19(27)5-4-16(17)12-31-21/h3-9,11-12,14,32H,2,10,13H2,1H3,(H,33,34)/b15-3+,20-7-. The lowest BCUT2D eigenvalue weighted by Gasteiger charge is -2.09. The number of carbonyl (C=O) groups is 1. The highest BCUT2D eigenvalue weighted by Crippen LogP contribution is 2.26. The third-order valence-electron chi connectivity index (χ3n) is 5.44. The van der Waals surface area contributed by atoms with Crippen molar-refractivity contribution in [2.75, 3.05) is 0 Å². The third-order valence-corrected chi connectivity index (χ3v) is 5.99. The van der Waals surface area contributed by atoms with E-state index in [1.165, 1.54) is 6.07 Å². The van der Waals surface area contributed by atoms with Crippen molar-refractivity contribution in [1.29, 1.82) is 0 Å². The van der Waals surface area contributed by atoms with Gasteiger partial charge in [-0.3, -0.25) is 14.8 Å². The molecule has 34 heavy (non-hydrogen) atoms. The van der Waals surface area contributed by atoms with Crippen LogP contribution in [0.5, 0.6) is 0 Å². The van der Waals surface area contributed by atoms with E-state index in [9.17, 15) is 9.18 Å². The van der Waals surface area contributed by atoms with Gasteiger partial charge in [0.2, 0.25) is 0 Å². The van der Waals surface area contributed by atoms with Crippen molar-refractivity contribution in [2.45, 2.75) is 19.9 Å². The SMILES string of the molecule is C=N/C(=C\C(=C/C)C(=O)NCc1cc2c(Cl)c[nH]c2cc1F)Cc1cc2cc(Cl)ccc2cn1. The highest BCUT2D eigenvalue weighted by Gasteiger charge is 2.12. The molecule has 5 nitrogen and oxygen atoms in total. The first-order valence-electron chi connectivity index (χ1n) is 10.5. The van der Waals surface area contributed by atoms with Gasteiger partial charge < -0.3 is 10.3 Å². The maximum atomic E-state index is 14.4. The molecule has 0 radical (unpaired) electrons. The van der Waals surface area contributed by atoms with Crippen molar-refractivity contribution in [2.24, 2.45) is 4.99 Å². The van der Waals surface area contributed by atoms with Crippen molar-refractivity contribution in [3.8, 4) is 0 Å². The van der Waals surface area contributed by atoms with Crippen LogP contribution in [-0.4, -0.2) is 22.6 Å². The summed E-state index contributed by atoms with van der Waals surface area (Å²) < 4.78 is 14.4. The molecule has 0 bridgehead atoms. The van der Waals surface area contributed by atoms with Gasteiger partial charge in [0.25, 0.3) is 5.91 Å². The average molecular weight is 495 g/mol. The minimum atomic E-state index is -0.431. The molecule has 2 heterocycles. The van der Waals surface area contributed by atoms with Gasteiger partial charge in [0.15, 0.2) is 0 Å². The fourth-order valence-electron chi connectivity index (χ4n) is 3.62. The van der Waals surface area contributed by atoms with Crippen molar-refractivity contribution in [1.82, 2.24) is 15.3 Å². The molecule has 0 fully saturated rings. The quantitative estimate of drug-likeness (QED) is 0.173. The van der Waals surface area contributed by atoms with E-state index in [0.29, 0.717) is 44.2 Å². The number of aromatic amines is 1. The van der Waals surface area contributed by atoms with Gasteiger partial charge in [0.1, 0.15) is 5.82 Å². The Morgan fingerprint density at radius 2 is 2.06 bits per heavy atom. The molecule has 0 saturated carbocycles. The van der Waals surface area contributed by atoms with E-state index in [4.69, 9.17) is 23.2 Å². The minimum Gasteiger partial charge on any atom is -0.360 e. The van der Waals surface area contributed by atoms with Gasteiger partial charge in [-0.05, 0) is 55.4 Å². The summed E-state index contributed by atoms with van der Waals surface area (Å²) in [5, 5.41) is 6.52. The summed E-state index contributed by atoms with van der Waals surface area (Å²) in [6, 6.07) is 10.5. The zero-order valence-electron chi connectivity index (χ0n) is 18.3. The van der Waals surface area contributed by atoms with Crippen LogP contribution in [0.1, 0.15) is 18.2 Å². The van der Waals surface area contributed by atoms with E-state index < -0.39 is 5.82 Å². The molecule has 0 saturated heterocycles. The molecule has 1 amide bonds. The average Bonchev–Trinajstić information content (AvgIpc) is 3.18. The molecule has 0 aliphatic rings. The van der Waals surface area contributed by atoms with Crippen LogP contribution in [0.15, 0.2) is 77.2 Å². The number of allylic oxidation sites excluding steroid dienone is 2. The molecular weight excluding hydrogens is 474 g/mol. The van der Waals surface area contributed by atoms with Crippen LogP contribution in [0.25, 0.3) is 21.7 Å². The van der Waals surface area contributed by atoms with Gasteiger partial charge in [0.05, 0.1) is 5.02 Å². The Balaban J connectivity index is 1.49. The van der Waals surface area contributed by atoms with E-state index >= 15 is 0 Å². The van der Waals surface area contributed by atoms with Gasteiger partial charge in [0, 0.05) is 69.2 Å². The summed E-state index contributed by atoms with van der Waals surface area (Å²) in [6.45, 7) is 5.38. The predicted molar refractivity (Wildman–Crippen MR) is 137 cm³/mol. The number of hydrogen-bond donors (Lipinski definition) is 2. The van der Waals surface area contributed by atoms with Gasteiger partial charge in [-0.1, -0.05) is 35.3 Å². The number of carbonyl (C=O) groups excluding carboxylic acids is 1. The van der Waals surface area contributed by atoms with Gasteiger partial charge in [-0.25, -0.2) is 4.39 Å². The lowest BCUT2D eigenvalue weighted by molar-refractivity contribution is -0.117. The van der Waals surface area contributed by atoms with Gasteiger partial charge in [-0.2, -0.15) is 0 Å². The molecule has 2 aromatic carbocycles. The number of nitrogens with zero attached hydrogens (tertiary/aromatic N) is 2. The lowest BCUT2D eigenvalue weighted by atomic mass is 10.1. The largest absolute Gasteiger partial charge is 0.360 e. The topological polar surface area (TPSA) is 70.1 Å². The molecule has 0 atom stereocenters. The Hall–Kier alpha value is -3.48. The molecule has 4 aromatic rings. The molecule has 0 aliphatic heterocycles. The summed E-state index contributed by atoms with van der Waals surface area (Å²) in [5.74, 6) is -0.790. The Kier molecular flexibility index (Phi) is 7.10. The van der Waals surface area contributed by atoms with Gasteiger partial charge in [-0.15, -0.1) is 0 Å². The monoisotopic (exact) mass is 494 g/mol. The van der Waals surface area contributed by atoms with Crippen LogP contribution in [0.4, 0.5) is 4.39 Å². The minimum absolute atomic E-state index is 0.0110. The third kappa shape index (κ3) is 5.19. The number of aliphatic imine (C=N–C) groups is 1. The van der Waals surface area contributed by atoms with Crippen LogP contribution in [0, 0.1) is 5.82 Å². The van der Waals surface area contributed by atoms with Crippen LogP contribution >= 0.6 is 23.2 Å². The molecule has 2 aromatic heterocycles. The molecule has 0 unspecified atom stereocenters. The first-order chi connectivity index (χ1) is 16.4. The highest BCUT2D eigenvalue weighted by molar-refractivity contribution is 6.35. The number of fused-ring (bicyclic) bond motifs is 2. The molecule has 0 aliphatic carbocycles. The van der Waals surface area contributed by atoms with Crippen LogP contribution in [0.3, 0.4) is 0 Å². The van der Waals surface area contributed by atoms with E-state index in [-0.39, 0.29) is 12.5 Å². The Morgan fingerprint density at radius 3 is 2.82 bits per heavy atom. The second-order valence-electron chi connectivity index (χ2n) is 7.69. The van der Waals surface area contributed by atoms with Crippen molar-refractivity contribution >= 4 is 57.5 Å². The number of benzene rings is 2.